The monoisotopic (exact) mass is 263 g/mol. The zero-order valence-electron chi connectivity index (χ0n) is 11.5. The third kappa shape index (κ3) is 3.26. The van der Waals surface area contributed by atoms with Crippen molar-refractivity contribution in [2.75, 3.05) is 13.1 Å². The van der Waals surface area contributed by atoms with Crippen molar-refractivity contribution in [2.45, 2.75) is 32.7 Å². The Morgan fingerprint density at radius 1 is 1.26 bits per heavy atom. The molecule has 1 aliphatic rings. The number of piperidine rings is 1. The maximum absolute atomic E-state index is 12.2. The standard InChI is InChI=1S/C15H21NO3/c1-10-3-4-11(2)16(8-10)9-15(19)12-5-6-13(17)14(18)7-12/h5-7,10-11,17-18H,3-4,8-9H2,1-2H3. The van der Waals surface area contributed by atoms with Gasteiger partial charge in [0, 0.05) is 18.2 Å². The second-order valence-corrected chi connectivity index (χ2v) is 5.59. The molecule has 1 heterocycles. The van der Waals surface area contributed by atoms with Gasteiger partial charge < -0.3 is 10.2 Å². The minimum Gasteiger partial charge on any atom is -0.504 e. The van der Waals surface area contributed by atoms with E-state index in [1.165, 1.54) is 18.6 Å². The minimum atomic E-state index is -0.245. The number of phenolic OH excluding ortho intramolecular Hbond substituents is 2. The summed E-state index contributed by atoms with van der Waals surface area (Å²) < 4.78 is 0. The van der Waals surface area contributed by atoms with Gasteiger partial charge in [-0.05, 0) is 43.9 Å². The van der Waals surface area contributed by atoms with Crippen LogP contribution in [-0.4, -0.2) is 40.0 Å². The second kappa shape index (κ2) is 5.61. The normalized spacial score (nSPS) is 24.3. The second-order valence-electron chi connectivity index (χ2n) is 5.59. The van der Waals surface area contributed by atoms with Crippen LogP contribution in [0.5, 0.6) is 11.5 Å². The lowest BCUT2D eigenvalue weighted by Gasteiger charge is -2.36. The van der Waals surface area contributed by atoms with E-state index in [0.717, 1.165) is 13.0 Å². The first kappa shape index (κ1) is 13.9. The molecule has 2 rings (SSSR count). The van der Waals surface area contributed by atoms with Gasteiger partial charge in [-0.25, -0.2) is 0 Å². The number of aromatic hydroxyl groups is 2. The number of hydrogen-bond acceptors (Lipinski definition) is 4. The van der Waals surface area contributed by atoms with Gasteiger partial charge in [0.25, 0.3) is 0 Å². The van der Waals surface area contributed by atoms with Crippen molar-refractivity contribution in [3.05, 3.63) is 23.8 Å². The topological polar surface area (TPSA) is 60.8 Å². The van der Waals surface area contributed by atoms with Gasteiger partial charge in [-0.15, -0.1) is 0 Å². The van der Waals surface area contributed by atoms with Crippen LogP contribution < -0.4 is 0 Å². The number of rotatable bonds is 3. The Balaban J connectivity index is 2.05. The number of phenols is 2. The van der Waals surface area contributed by atoms with Crippen LogP contribution in [0.2, 0.25) is 0 Å². The van der Waals surface area contributed by atoms with Gasteiger partial charge in [0.1, 0.15) is 0 Å². The largest absolute Gasteiger partial charge is 0.504 e. The first-order valence-corrected chi connectivity index (χ1v) is 6.76. The molecule has 1 aromatic rings. The number of ketones is 1. The molecule has 2 unspecified atom stereocenters. The van der Waals surface area contributed by atoms with E-state index < -0.39 is 0 Å². The Kier molecular flexibility index (Phi) is 4.10. The van der Waals surface area contributed by atoms with Crippen LogP contribution >= 0.6 is 0 Å². The lowest BCUT2D eigenvalue weighted by molar-refractivity contribution is 0.0805. The van der Waals surface area contributed by atoms with E-state index in [2.05, 4.69) is 18.7 Å². The summed E-state index contributed by atoms with van der Waals surface area (Å²) in [7, 11) is 0. The van der Waals surface area contributed by atoms with E-state index in [9.17, 15) is 15.0 Å². The van der Waals surface area contributed by atoms with Crippen molar-refractivity contribution in [3.8, 4) is 11.5 Å². The van der Waals surface area contributed by atoms with Gasteiger partial charge in [-0.2, -0.15) is 0 Å². The van der Waals surface area contributed by atoms with E-state index in [1.54, 1.807) is 6.07 Å². The summed E-state index contributed by atoms with van der Waals surface area (Å²) in [4.78, 5) is 14.4. The van der Waals surface area contributed by atoms with Crippen LogP contribution in [0.3, 0.4) is 0 Å². The summed E-state index contributed by atoms with van der Waals surface area (Å²) >= 11 is 0. The van der Waals surface area contributed by atoms with Crippen LogP contribution in [0.15, 0.2) is 18.2 Å². The molecule has 1 aliphatic heterocycles. The van der Waals surface area contributed by atoms with E-state index in [1.807, 2.05) is 0 Å². The third-order valence-electron chi connectivity index (χ3n) is 3.89. The van der Waals surface area contributed by atoms with Crippen LogP contribution in [0.25, 0.3) is 0 Å². The third-order valence-corrected chi connectivity index (χ3v) is 3.89. The molecule has 0 radical (unpaired) electrons. The molecule has 0 saturated carbocycles. The molecular weight excluding hydrogens is 242 g/mol. The summed E-state index contributed by atoms with van der Waals surface area (Å²) in [5.74, 6) is 0.163. The summed E-state index contributed by atoms with van der Waals surface area (Å²) in [6, 6.07) is 4.65. The van der Waals surface area contributed by atoms with Gasteiger partial charge in [-0.1, -0.05) is 6.92 Å². The van der Waals surface area contributed by atoms with Gasteiger partial charge in [0.05, 0.1) is 6.54 Å². The lowest BCUT2D eigenvalue weighted by atomic mass is 9.94. The first-order chi connectivity index (χ1) is 8.97. The molecule has 2 atom stereocenters. The summed E-state index contributed by atoms with van der Waals surface area (Å²) in [5, 5.41) is 18.7. The highest BCUT2D eigenvalue weighted by Crippen LogP contribution is 2.26. The van der Waals surface area contributed by atoms with Crippen molar-refractivity contribution >= 4 is 5.78 Å². The fourth-order valence-electron chi connectivity index (χ4n) is 2.57. The average molecular weight is 263 g/mol. The Hall–Kier alpha value is -1.55. The summed E-state index contributed by atoms with van der Waals surface area (Å²) in [6.07, 6.45) is 2.33. The summed E-state index contributed by atoms with van der Waals surface area (Å²) in [6.45, 7) is 5.66. The SMILES string of the molecule is CC1CCC(C)N(CC(=O)c2ccc(O)c(O)c2)C1. The number of likely N-dealkylation sites (tertiary alicyclic amines) is 1. The number of Topliss-reactive ketones (excluding diaryl/α,β-unsaturated/α-hetero) is 1. The van der Waals surface area contributed by atoms with E-state index in [4.69, 9.17) is 0 Å². The van der Waals surface area contributed by atoms with Gasteiger partial charge in [0.2, 0.25) is 0 Å². The molecule has 2 N–H and O–H groups in total. The first-order valence-electron chi connectivity index (χ1n) is 6.76. The molecule has 0 spiro atoms. The number of nitrogens with zero attached hydrogens (tertiary/aromatic N) is 1. The molecule has 1 fully saturated rings. The van der Waals surface area contributed by atoms with Crippen molar-refractivity contribution in [1.29, 1.82) is 0 Å². The fraction of sp³-hybridized carbons (Fsp3) is 0.533. The van der Waals surface area contributed by atoms with Crippen LogP contribution in [0, 0.1) is 5.92 Å². The molecule has 0 aromatic heterocycles. The van der Waals surface area contributed by atoms with Crippen LogP contribution in [0.4, 0.5) is 0 Å². The smallest absolute Gasteiger partial charge is 0.176 e. The highest BCUT2D eigenvalue weighted by Gasteiger charge is 2.25. The zero-order chi connectivity index (χ0) is 14.0. The van der Waals surface area contributed by atoms with Gasteiger partial charge in [0.15, 0.2) is 17.3 Å². The molecule has 4 nitrogen and oxygen atoms in total. The van der Waals surface area contributed by atoms with E-state index in [0.29, 0.717) is 24.1 Å². The maximum atomic E-state index is 12.2. The van der Waals surface area contributed by atoms with E-state index >= 15 is 0 Å². The van der Waals surface area contributed by atoms with Crippen molar-refractivity contribution in [1.82, 2.24) is 4.90 Å². The van der Waals surface area contributed by atoms with Gasteiger partial charge in [-0.3, -0.25) is 9.69 Å². The van der Waals surface area contributed by atoms with Crippen LogP contribution in [0.1, 0.15) is 37.0 Å². The molecule has 4 heteroatoms. The predicted molar refractivity (Wildman–Crippen MR) is 73.5 cm³/mol. The quantitative estimate of drug-likeness (QED) is 0.649. The Bertz CT molecular complexity index is 472. The number of carbonyl (C=O) groups is 1. The minimum absolute atomic E-state index is 0.0174. The number of carbonyl (C=O) groups excluding carboxylic acids is 1. The Labute approximate surface area is 113 Å². The lowest BCUT2D eigenvalue weighted by Crippen LogP contribution is -2.43. The van der Waals surface area contributed by atoms with Crippen LogP contribution in [-0.2, 0) is 0 Å². The molecule has 0 aliphatic carbocycles. The predicted octanol–water partition coefficient (Wildman–Crippen LogP) is 2.40. The molecule has 1 aromatic carbocycles. The van der Waals surface area contributed by atoms with Crippen molar-refractivity contribution < 1.29 is 15.0 Å². The van der Waals surface area contributed by atoms with Crippen molar-refractivity contribution in [2.24, 2.45) is 5.92 Å². The molecule has 0 amide bonds. The highest BCUT2D eigenvalue weighted by atomic mass is 16.3. The molecular formula is C15H21NO3. The number of benzene rings is 1. The highest BCUT2D eigenvalue weighted by molar-refractivity contribution is 5.98. The molecule has 104 valence electrons. The number of hydrogen-bond donors (Lipinski definition) is 2. The fourth-order valence-corrected chi connectivity index (χ4v) is 2.57. The summed E-state index contributed by atoms with van der Waals surface area (Å²) in [5.41, 5.74) is 0.445. The maximum Gasteiger partial charge on any atom is 0.176 e. The van der Waals surface area contributed by atoms with Gasteiger partial charge >= 0.3 is 0 Å². The Morgan fingerprint density at radius 2 is 2.00 bits per heavy atom. The molecule has 19 heavy (non-hydrogen) atoms. The zero-order valence-corrected chi connectivity index (χ0v) is 11.5. The average Bonchev–Trinajstić information content (AvgIpc) is 2.37. The van der Waals surface area contributed by atoms with E-state index in [-0.39, 0.29) is 17.3 Å². The Morgan fingerprint density at radius 3 is 2.68 bits per heavy atom. The molecule has 0 bridgehead atoms. The van der Waals surface area contributed by atoms with Crippen molar-refractivity contribution in [3.63, 3.8) is 0 Å². The molecule has 1 saturated heterocycles.